The highest BCUT2D eigenvalue weighted by molar-refractivity contribution is 5.82. The van der Waals surface area contributed by atoms with Gasteiger partial charge in [-0.25, -0.2) is 9.59 Å². The molecule has 0 heterocycles. The summed E-state index contributed by atoms with van der Waals surface area (Å²) in [6, 6.07) is -1.94. The maximum Gasteiger partial charge on any atom is 0.328 e. The Morgan fingerprint density at radius 1 is 1.33 bits per heavy atom. The number of carbonyl (C=O) groups excluding carboxylic acids is 1. The summed E-state index contributed by atoms with van der Waals surface area (Å²) in [5.41, 5.74) is 0. The number of aliphatic hydroxyl groups is 1. The number of amides is 2. The molecule has 8 heteroatoms. The molecule has 0 aliphatic heterocycles. The lowest BCUT2D eigenvalue weighted by molar-refractivity contribution is -0.140. The number of nitrogens with one attached hydrogen (secondary N) is 2. The summed E-state index contributed by atoms with van der Waals surface area (Å²) in [7, 11) is 3.85. The van der Waals surface area contributed by atoms with Crippen molar-refractivity contribution >= 4 is 12.0 Å². The molecule has 0 aliphatic carbocycles. The molecule has 0 unspecified atom stereocenters. The third kappa shape index (κ3) is 8.74. The second-order valence-corrected chi connectivity index (χ2v) is 3.89. The molecule has 0 spiro atoms. The zero-order valence-electron chi connectivity index (χ0n) is 10.7. The van der Waals surface area contributed by atoms with Crippen LogP contribution in [0.5, 0.6) is 0 Å². The minimum absolute atomic E-state index is 0.275. The maximum absolute atomic E-state index is 11.2. The van der Waals surface area contributed by atoms with Gasteiger partial charge in [0.25, 0.3) is 0 Å². The largest absolute Gasteiger partial charge is 0.480 e. The number of carbonyl (C=O) groups is 2. The molecule has 0 aromatic carbocycles. The topological polar surface area (TPSA) is 111 Å². The van der Waals surface area contributed by atoms with Crippen molar-refractivity contribution in [3.05, 3.63) is 0 Å². The number of likely N-dealkylation sites (N-methyl/N-ethyl adjacent to an activating group) is 1. The number of nitrogens with zero attached hydrogens (tertiary/aromatic N) is 1. The Morgan fingerprint density at radius 3 is 2.50 bits per heavy atom. The van der Waals surface area contributed by atoms with Gasteiger partial charge in [-0.2, -0.15) is 0 Å². The normalized spacial score (nSPS) is 12.2. The van der Waals surface area contributed by atoms with Crippen LogP contribution in [0.4, 0.5) is 4.79 Å². The van der Waals surface area contributed by atoms with Crippen LogP contribution in [0.15, 0.2) is 0 Å². The number of hydrogen-bond donors (Lipinski definition) is 4. The smallest absolute Gasteiger partial charge is 0.328 e. The van der Waals surface area contributed by atoms with Gasteiger partial charge in [0.2, 0.25) is 0 Å². The fourth-order valence-electron chi connectivity index (χ4n) is 0.981. The Labute approximate surface area is 106 Å². The number of hydrogen-bond acceptors (Lipinski definition) is 5. The highest BCUT2D eigenvalue weighted by Gasteiger charge is 2.17. The lowest BCUT2D eigenvalue weighted by atomic mass is 10.3. The third-order valence-corrected chi connectivity index (χ3v) is 2.00. The fourth-order valence-corrected chi connectivity index (χ4v) is 0.981. The third-order valence-electron chi connectivity index (χ3n) is 2.00. The van der Waals surface area contributed by atoms with Gasteiger partial charge in [-0.3, -0.25) is 0 Å². The summed E-state index contributed by atoms with van der Waals surface area (Å²) in [5.74, 6) is -1.28. The minimum Gasteiger partial charge on any atom is -0.480 e. The number of carboxylic acid groups (broad SMARTS) is 1. The number of aliphatic carboxylic acids is 1. The molecule has 8 nitrogen and oxygen atoms in total. The van der Waals surface area contributed by atoms with Crippen LogP contribution in [-0.2, 0) is 9.53 Å². The van der Waals surface area contributed by atoms with Crippen LogP contribution >= 0.6 is 0 Å². The maximum atomic E-state index is 11.2. The monoisotopic (exact) mass is 263 g/mol. The van der Waals surface area contributed by atoms with E-state index in [1.807, 2.05) is 19.0 Å². The lowest BCUT2D eigenvalue weighted by Crippen LogP contribution is -2.48. The molecular weight excluding hydrogens is 242 g/mol. The zero-order valence-corrected chi connectivity index (χ0v) is 10.7. The average Bonchev–Trinajstić information content (AvgIpc) is 2.29. The van der Waals surface area contributed by atoms with Crippen LogP contribution in [0, 0.1) is 0 Å². The number of rotatable bonds is 9. The van der Waals surface area contributed by atoms with Gasteiger partial charge >= 0.3 is 12.0 Å². The highest BCUT2D eigenvalue weighted by atomic mass is 16.5. The highest BCUT2D eigenvalue weighted by Crippen LogP contribution is 1.82. The average molecular weight is 263 g/mol. The molecule has 0 saturated carbocycles. The molecule has 2 amide bonds. The van der Waals surface area contributed by atoms with Crippen LogP contribution < -0.4 is 10.6 Å². The Hall–Kier alpha value is -1.38. The standard InChI is InChI=1S/C10H21N3O5/c1-13(2)4-6-18-5-3-11-10(17)12-8(7-14)9(15)16/h8,14H,3-7H2,1-2H3,(H,15,16)(H2,11,12,17)/t8-/m1/s1. The lowest BCUT2D eigenvalue weighted by Gasteiger charge is -2.13. The number of aliphatic hydroxyl groups excluding tert-OH is 1. The molecule has 0 aromatic heterocycles. The Balaban J connectivity index is 3.56. The van der Waals surface area contributed by atoms with Gasteiger partial charge < -0.3 is 30.5 Å². The minimum atomic E-state index is -1.29. The molecule has 0 saturated heterocycles. The molecule has 0 rings (SSSR count). The fraction of sp³-hybridized carbons (Fsp3) is 0.800. The zero-order chi connectivity index (χ0) is 14.0. The van der Waals surface area contributed by atoms with E-state index in [-0.39, 0.29) is 6.54 Å². The van der Waals surface area contributed by atoms with Crippen molar-refractivity contribution in [1.29, 1.82) is 0 Å². The van der Waals surface area contributed by atoms with Gasteiger partial charge in [-0.15, -0.1) is 0 Å². The van der Waals surface area contributed by atoms with E-state index in [0.29, 0.717) is 13.2 Å². The summed E-state index contributed by atoms with van der Waals surface area (Å²) in [6.45, 7) is 1.32. The van der Waals surface area contributed by atoms with Crippen LogP contribution in [0.2, 0.25) is 0 Å². The van der Waals surface area contributed by atoms with Gasteiger partial charge in [0.05, 0.1) is 19.8 Å². The molecule has 0 bridgehead atoms. The second kappa shape index (κ2) is 9.63. The summed E-state index contributed by atoms with van der Waals surface area (Å²) < 4.78 is 5.22. The predicted molar refractivity (Wildman–Crippen MR) is 64.4 cm³/mol. The molecule has 18 heavy (non-hydrogen) atoms. The van der Waals surface area contributed by atoms with E-state index in [1.54, 1.807) is 0 Å². The summed E-state index contributed by atoms with van der Waals surface area (Å²) in [5, 5.41) is 21.8. The van der Waals surface area contributed by atoms with Gasteiger partial charge in [-0.05, 0) is 14.1 Å². The van der Waals surface area contributed by atoms with Crippen LogP contribution in [0.3, 0.4) is 0 Å². The van der Waals surface area contributed by atoms with Gasteiger partial charge in [0, 0.05) is 13.1 Å². The van der Waals surface area contributed by atoms with Crippen molar-refractivity contribution in [2.45, 2.75) is 6.04 Å². The summed E-state index contributed by atoms with van der Waals surface area (Å²) >= 11 is 0. The molecule has 0 radical (unpaired) electrons. The van der Waals surface area contributed by atoms with E-state index in [2.05, 4.69) is 10.6 Å². The van der Waals surface area contributed by atoms with Crippen molar-refractivity contribution in [3.63, 3.8) is 0 Å². The van der Waals surface area contributed by atoms with Crippen molar-refractivity contribution in [2.75, 3.05) is 47.0 Å². The Morgan fingerprint density at radius 2 is 2.00 bits per heavy atom. The van der Waals surface area contributed by atoms with Crippen molar-refractivity contribution in [1.82, 2.24) is 15.5 Å². The first-order valence-corrected chi connectivity index (χ1v) is 5.58. The second-order valence-electron chi connectivity index (χ2n) is 3.89. The quantitative estimate of drug-likeness (QED) is 0.369. The van der Waals surface area contributed by atoms with Crippen molar-refractivity contribution in [3.8, 4) is 0 Å². The van der Waals surface area contributed by atoms with Crippen LogP contribution in [0.25, 0.3) is 0 Å². The first kappa shape index (κ1) is 16.6. The number of urea groups is 1. The first-order chi connectivity index (χ1) is 8.47. The predicted octanol–water partition coefficient (Wildman–Crippen LogP) is -1.69. The molecule has 0 fully saturated rings. The van der Waals surface area contributed by atoms with E-state index in [9.17, 15) is 9.59 Å². The van der Waals surface area contributed by atoms with Gasteiger partial charge in [0.1, 0.15) is 0 Å². The van der Waals surface area contributed by atoms with Crippen molar-refractivity contribution in [2.24, 2.45) is 0 Å². The summed E-state index contributed by atoms with van der Waals surface area (Å²) in [4.78, 5) is 23.7. The first-order valence-electron chi connectivity index (χ1n) is 5.58. The molecular formula is C10H21N3O5. The molecule has 1 atom stereocenters. The number of carboxylic acids is 1. The van der Waals surface area contributed by atoms with E-state index < -0.39 is 24.6 Å². The van der Waals surface area contributed by atoms with Gasteiger partial charge in [0.15, 0.2) is 6.04 Å². The molecule has 4 N–H and O–H groups in total. The SMILES string of the molecule is CN(C)CCOCCNC(=O)N[C@H](CO)C(=O)O. The van der Waals surface area contributed by atoms with Crippen molar-refractivity contribution < 1.29 is 24.5 Å². The van der Waals surface area contributed by atoms with E-state index in [1.165, 1.54) is 0 Å². The van der Waals surface area contributed by atoms with E-state index in [0.717, 1.165) is 6.54 Å². The van der Waals surface area contributed by atoms with Gasteiger partial charge in [-0.1, -0.05) is 0 Å². The van der Waals surface area contributed by atoms with Crippen LogP contribution in [-0.4, -0.2) is 80.2 Å². The Kier molecular flexibility index (Phi) is 8.89. The Bertz CT molecular complexity index is 260. The summed E-state index contributed by atoms with van der Waals surface area (Å²) in [6.07, 6.45) is 0. The van der Waals surface area contributed by atoms with E-state index >= 15 is 0 Å². The van der Waals surface area contributed by atoms with Crippen LogP contribution in [0.1, 0.15) is 0 Å². The number of ether oxygens (including phenoxy) is 1. The van der Waals surface area contributed by atoms with E-state index in [4.69, 9.17) is 14.9 Å². The molecule has 0 aliphatic rings. The molecule has 106 valence electrons. The molecule has 0 aromatic rings.